The Balaban J connectivity index is 1.41. The van der Waals surface area contributed by atoms with E-state index in [1.807, 2.05) is 17.9 Å². The molecule has 1 N–H and O–H groups in total. The van der Waals surface area contributed by atoms with Gasteiger partial charge >= 0.3 is 0 Å². The number of benzene rings is 1. The second-order valence-electron chi connectivity index (χ2n) is 10.0. The minimum Gasteiger partial charge on any atom is -0.354 e. The molecule has 0 amide bonds. The fraction of sp³-hybridized carbons (Fsp3) is 0.429. The summed E-state index contributed by atoms with van der Waals surface area (Å²) in [6, 6.07) is 13.6. The summed E-state index contributed by atoms with van der Waals surface area (Å²) in [5.74, 6) is 1.07. The van der Waals surface area contributed by atoms with Gasteiger partial charge in [-0.15, -0.1) is 0 Å². The Kier molecular flexibility index (Phi) is 5.83. The van der Waals surface area contributed by atoms with Crippen molar-refractivity contribution in [3.63, 3.8) is 0 Å². The molecule has 4 heterocycles. The first-order valence-corrected chi connectivity index (χ1v) is 12.2. The third-order valence-corrected chi connectivity index (χ3v) is 7.18. The fourth-order valence-electron chi connectivity index (χ4n) is 5.50. The van der Waals surface area contributed by atoms with Gasteiger partial charge in [0, 0.05) is 47.6 Å². The van der Waals surface area contributed by atoms with Crippen LogP contribution >= 0.6 is 0 Å². The van der Waals surface area contributed by atoms with Crippen molar-refractivity contribution in [3.8, 4) is 11.3 Å². The molecule has 0 aliphatic carbocycles. The Morgan fingerprint density at radius 1 is 1.03 bits per heavy atom. The Bertz CT molecular complexity index is 1250. The molecule has 1 aliphatic rings. The minimum atomic E-state index is 0.443. The maximum absolute atomic E-state index is 4.57. The predicted molar refractivity (Wildman–Crippen MR) is 136 cm³/mol. The van der Waals surface area contributed by atoms with E-state index in [0.717, 1.165) is 31.0 Å². The maximum Gasteiger partial charge on any atom is 0.0521 e. The van der Waals surface area contributed by atoms with E-state index < -0.39 is 0 Å². The molecular weight excluding hydrogens is 406 g/mol. The van der Waals surface area contributed by atoms with E-state index in [1.54, 1.807) is 0 Å². The lowest BCUT2D eigenvalue weighted by Crippen LogP contribution is -2.33. The summed E-state index contributed by atoms with van der Waals surface area (Å²) in [5, 5.41) is 5.69. The lowest BCUT2D eigenvalue weighted by atomic mass is 9.87. The number of rotatable bonds is 5. The second-order valence-corrected chi connectivity index (χ2v) is 10.0. The van der Waals surface area contributed by atoms with Gasteiger partial charge in [0.1, 0.15) is 0 Å². The van der Waals surface area contributed by atoms with E-state index in [2.05, 4.69) is 84.1 Å². The van der Waals surface area contributed by atoms with Gasteiger partial charge in [-0.25, -0.2) is 0 Å². The number of piperidine rings is 1. The highest BCUT2D eigenvalue weighted by Crippen LogP contribution is 2.38. The van der Waals surface area contributed by atoms with Crippen molar-refractivity contribution in [1.29, 1.82) is 0 Å². The van der Waals surface area contributed by atoms with Gasteiger partial charge in [0.25, 0.3) is 0 Å². The summed E-state index contributed by atoms with van der Waals surface area (Å²) in [4.78, 5) is 10.9. The minimum absolute atomic E-state index is 0.443. The summed E-state index contributed by atoms with van der Waals surface area (Å²) >= 11 is 0. The second kappa shape index (κ2) is 8.79. The van der Waals surface area contributed by atoms with Crippen molar-refractivity contribution in [2.75, 3.05) is 13.1 Å². The van der Waals surface area contributed by atoms with Gasteiger partial charge in [-0.2, -0.15) is 5.10 Å². The lowest BCUT2D eigenvalue weighted by molar-refractivity contribution is 0.200. The summed E-state index contributed by atoms with van der Waals surface area (Å²) in [7, 11) is 2.03. The molecule has 5 nitrogen and oxygen atoms in total. The quantitative estimate of drug-likeness (QED) is 0.408. The zero-order chi connectivity index (χ0) is 23.1. The molecule has 0 radical (unpaired) electrons. The molecule has 0 unspecified atom stereocenters. The number of fused-ring (bicyclic) bond motifs is 1. The third-order valence-electron chi connectivity index (χ3n) is 7.18. The van der Waals surface area contributed by atoms with Crippen molar-refractivity contribution < 1.29 is 0 Å². The van der Waals surface area contributed by atoms with Crippen LogP contribution < -0.4 is 0 Å². The Hall–Kier alpha value is -2.92. The molecule has 1 aliphatic heterocycles. The highest BCUT2D eigenvalue weighted by Gasteiger charge is 2.23. The van der Waals surface area contributed by atoms with Gasteiger partial charge in [0.15, 0.2) is 0 Å². The number of hydrogen-bond acceptors (Lipinski definition) is 3. The van der Waals surface area contributed by atoms with Gasteiger partial charge in [-0.3, -0.25) is 14.6 Å². The largest absolute Gasteiger partial charge is 0.354 e. The van der Waals surface area contributed by atoms with Crippen molar-refractivity contribution in [2.45, 2.75) is 58.9 Å². The molecule has 4 aromatic rings. The first-order chi connectivity index (χ1) is 15.9. The highest BCUT2D eigenvalue weighted by molar-refractivity contribution is 5.92. The molecule has 0 spiro atoms. The molecule has 172 valence electrons. The lowest BCUT2D eigenvalue weighted by Gasteiger charge is -2.32. The van der Waals surface area contributed by atoms with Gasteiger partial charge < -0.3 is 4.98 Å². The van der Waals surface area contributed by atoms with E-state index in [-0.39, 0.29) is 0 Å². The number of hydrogen-bond donors (Lipinski definition) is 1. The number of nitrogens with one attached hydrogen (secondary N) is 1. The Labute approximate surface area is 196 Å². The van der Waals surface area contributed by atoms with E-state index in [0.29, 0.717) is 11.8 Å². The van der Waals surface area contributed by atoms with E-state index >= 15 is 0 Å². The van der Waals surface area contributed by atoms with Crippen molar-refractivity contribution in [1.82, 2.24) is 24.6 Å². The normalized spacial score (nSPS) is 15.7. The average Bonchev–Trinajstić information content (AvgIpc) is 3.36. The van der Waals surface area contributed by atoms with Crippen LogP contribution in [-0.4, -0.2) is 37.7 Å². The Morgan fingerprint density at radius 3 is 2.39 bits per heavy atom. The first kappa shape index (κ1) is 21.9. The monoisotopic (exact) mass is 441 g/mol. The smallest absolute Gasteiger partial charge is 0.0521 e. The molecule has 1 aromatic carbocycles. The molecule has 33 heavy (non-hydrogen) atoms. The SMILES string of the molecule is Cc1cc(-c2[nH]c3ccc(C4CCN(Cc5ccnn5C)CC4)cc3c2C(C)C)cc(C)n1. The Morgan fingerprint density at radius 2 is 1.76 bits per heavy atom. The summed E-state index contributed by atoms with van der Waals surface area (Å²) < 4.78 is 1.99. The van der Waals surface area contributed by atoms with Crippen molar-refractivity contribution in [3.05, 3.63) is 70.8 Å². The summed E-state index contributed by atoms with van der Waals surface area (Å²) in [6.45, 7) is 12.0. The van der Waals surface area contributed by atoms with Crippen LogP contribution in [0, 0.1) is 13.8 Å². The molecule has 3 aromatic heterocycles. The number of aryl methyl sites for hydroxylation is 3. The van der Waals surface area contributed by atoms with Crippen LogP contribution in [0.15, 0.2) is 42.6 Å². The fourth-order valence-corrected chi connectivity index (χ4v) is 5.50. The summed E-state index contributed by atoms with van der Waals surface area (Å²) in [6.07, 6.45) is 4.31. The number of aromatic nitrogens is 4. The van der Waals surface area contributed by atoms with Gasteiger partial charge in [0.2, 0.25) is 0 Å². The van der Waals surface area contributed by atoms with E-state index in [9.17, 15) is 0 Å². The van der Waals surface area contributed by atoms with Crippen LogP contribution in [0.25, 0.3) is 22.2 Å². The van der Waals surface area contributed by atoms with Crippen LogP contribution in [0.2, 0.25) is 0 Å². The van der Waals surface area contributed by atoms with Crippen LogP contribution in [0.5, 0.6) is 0 Å². The number of nitrogens with zero attached hydrogens (tertiary/aromatic N) is 4. The number of H-pyrrole nitrogens is 1. The number of pyridine rings is 1. The van der Waals surface area contributed by atoms with Crippen LogP contribution in [0.1, 0.15) is 66.7 Å². The topological polar surface area (TPSA) is 49.7 Å². The van der Waals surface area contributed by atoms with Gasteiger partial charge in [-0.05, 0) is 93.1 Å². The first-order valence-electron chi connectivity index (χ1n) is 12.2. The third kappa shape index (κ3) is 4.34. The molecular formula is C28H35N5. The van der Waals surface area contributed by atoms with Crippen LogP contribution in [0.3, 0.4) is 0 Å². The van der Waals surface area contributed by atoms with Crippen LogP contribution in [-0.2, 0) is 13.6 Å². The highest BCUT2D eigenvalue weighted by atomic mass is 15.3. The van der Waals surface area contributed by atoms with E-state index in [4.69, 9.17) is 0 Å². The van der Waals surface area contributed by atoms with Crippen LogP contribution in [0.4, 0.5) is 0 Å². The van der Waals surface area contributed by atoms with Gasteiger partial charge in [-0.1, -0.05) is 19.9 Å². The summed E-state index contributed by atoms with van der Waals surface area (Å²) in [5.41, 5.74) is 10.1. The number of likely N-dealkylation sites (tertiary alicyclic amines) is 1. The standard InChI is InChI=1S/C28H35N5/c1-18(2)27-25-16-22(21-9-12-33(13-10-21)17-24-8-11-29-32(24)5)6-7-26(25)31-28(27)23-14-19(3)30-20(4)15-23/h6-8,11,14-16,18,21,31H,9-10,12-13,17H2,1-5H3. The van der Waals surface area contributed by atoms with Crippen molar-refractivity contribution in [2.24, 2.45) is 7.05 Å². The molecule has 5 heteroatoms. The average molecular weight is 442 g/mol. The number of aromatic amines is 1. The zero-order valence-corrected chi connectivity index (χ0v) is 20.5. The molecule has 1 fully saturated rings. The molecule has 0 bridgehead atoms. The van der Waals surface area contributed by atoms with Crippen molar-refractivity contribution >= 4 is 10.9 Å². The predicted octanol–water partition coefficient (Wildman–Crippen LogP) is 6.08. The van der Waals surface area contributed by atoms with E-state index in [1.165, 1.54) is 51.8 Å². The van der Waals surface area contributed by atoms with Gasteiger partial charge in [0.05, 0.1) is 11.4 Å². The zero-order valence-electron chi connectivity index (χ0n) is 20.5. The molecule has 5 rings (SSSR count). The molecule has 0 atom stereocenters. The molecule has 0 saturated carbocycles. The molecule has 1 saturated heterocycles. The maximum atomic E-state index is 4.57.